The first-order valence-corrected chi connectivity index (χ1v) is 11.4. The minimum atomic E-state index is -0.0121. The highest BCUT2D eigenvalue weighted by atomic mass is 32.2. The van der Waals surface area contributed by atoms with Crippen LogP contribution in [0.25, 0.3) is 0 Å². The van der Waals surface area contributed by atoms with Crippen LogP contribution < -0.4 is 14.4 Å². The van der Waals surface area contributed by atoms with Crippen LogP contribution in [0.4, 0.5) is 5.69 Å². The van der Waals surface area contributed by atoms with E-state index >= 15 is 0 Å². The molecule has 0 saturated carbocycles. The van der Waals surface area contributed by atoms with E-state index in [1.807, 2.05) is 35.7 Å². The zero-order valence-corrected chi connectivity index (χ0v) is 17.7. The molecule has 0 radical (unpaired) electrons. The van der Waals surface area contributed by atoms with Crippen molar-refractivity contribution in [2.45, 2.75) is 31.5 Å². The molecule has 0 atom stereocenters. The molecular formula is C20H22N4O3S2. The third-order valence-electron chi connectivity index (χ3n) is 4.36. The number of hydrogen-bond acceptors (Lipinski definition) is 7. The Labute approximate surface area is 177 Å². The lowest BCUT2D eigenvalue weighted by Crippen LogP contribution is -2.31. The molecule has 0 unspecified atom stereocenters. The lowest BCUT2D eigenvalue weighted by atomic mass is 10.2. The van der Waals surface area contributed by atoms with Gasteiger partial charge in [-0.3, -0.25) is 9.89 Å². The molecule has 3 heterocycles. The van der Waals surface area contributed by atoms with E-state index < -0.39 is 0 Å². The number of amides is 1. The normalized spacial score (nSPS) is 12.7. The number of carbonyl (C=O) groups is 1. The molecule has 7 nitrogen and oxygen atoms in total. The predicted molar refractivity (Wildman–Crippen MR) is 114 cm³/mol. The van der Waals surface area contributed by atoms with E-state index in [4.69, 9.17) is 9.47 Å². The van der Waals surface area contributed by atoms with Crippen LogP contribution in [-0.2, 0) is 17.8 Å². The molecule has 1 aliphatic rings. The van der Waals surface area contributed by atoms with Crippen molar-refractivity contribution < 1.29 is 14.3 Å². The number of thioether (sulfide) groups is 1. The summed E-state index contributed by atoms with van der Waals surface area (Å²) >= 11 is 2.97. The summed E-state index contributed by atoms with van der Waals surface area (Å²) in [6.45, 7) is 3.65. The quantitative estimate of drug-likeness (QED) is 0.546. The number of carbonyl (C=O) groups excluding carboxylic acids is 1. The Bertz CT molecular complexity index is 959. The summed E-state index contributed by atoms with van der Waals surface area (Å²) in [5.74, 6) is 2.47. The zero-order valence-electron chi connectivity index (χ0n) is 16.1. The largest absolute Gasteiger partial charge is 0.486 e. The number of thiophene rings is 1. The van der Waals surface area contributed by atoms with Gasteiger partial charge in [0.15, 0.2) is 11.5 Å². The van der Waals surface area contributed by atoms with Crippen molar-refractivity contribution in [1.29, 1.82) is 0 Å². The molecule has 1 aromatic carbocycles. The number of benzene rings is 1. The first-order valence-electron chi connectivity index (χ1n) is 9.49. The summed E-state index contributed by atoms with van der Waals surface area (Å²) in [7, 11) is 0. The highest BCUT2D eigenvalue weighted by molar-refractivity contribution is 7.99. The van der Waals surface area contributed by atoms with E-state index in [0.717, 1.165) is 29.2 Å². The average molecular weight is 431 g/mol. The molecule has 1 aliphatic heterocycles. The number of aromatic amines is 1. The molecule has 1 N–H and O–H groups in total. The number of hydrogen-bond donors (Lipinski definition) is 1. The Kier molecular flexibility index (Phi) is 6.36. The van der Waals surface area contributed by atoms with Crippen molar-refractivity contribution in [2.24, 2.45) is 0 Å². The van der Waals surface area contributed by atoms with Crippen molar-refractivity contribution in [3.63, 3.8) is 0 Å². The van der Waals surface area contributed by atoms with Gasteiger partial charge in [0.1, 0.15) is 19.0 Å². The molecule has 9 heteroatoms. The van der Waals surface area contributed by atoms with Gasteiger partial charge >= 0.3 is 0 Å². The minimum absolute atomic E-state index is 0.0121. The van der Waals surface area contributed by atoms with Crippen LogP contribution in [0.3, 0.4) is 0 Å². The van der Waals surface area contributed by atoms with Gasteiger partial charge in [0.05, 0.1) is 12.3 Å². The van der Waals surface area contributed by atoms with Gasteiger partial charge in [-0.1, -0.05) is 24.8 Å². The third-order valence-corrected chi connectivity index (χ3v) is 6.05. The summed E-state index contributed by atoms with van der Waals surface area (Å²) in [6.07, 6.45) is 1.85. The Morgan fingerprint density at radius 2 is 2.14 bits per heavy atom. The zero-order chi connectivity index (χ0) is 20.1. The number of aromatic nitrogens is 3. The number of ether oxygens (including phenoxy) is 2. The number of fused-ring (bicyclic) bond motifs is 1. The summed E-state index contributed by atoms with van der Waals surface area (Å²) in [4.78, 5) is 20.4. The van der Waals surface area contributed by atoms with Gasteiger partial charge in [-0.25, -0.2) is 4.98 Å². The Hall–Kier alpha value is -2.52. The third kappa shape index (κ3) is 4.91. The Morgan fingerprint density at radius 1 is 1.28 bits per heavy atom. The second-order valence-electron chi connectivity index (χ2n) is 6.49. The van der Waals surface area contributed by atoms with Gasteiger partial charge in [0.25, 0.3) is 0 Å². The molecule has 0 fully saturated rings. The first kappa shape index (κ1) is 19.8. The molecule has 152 valence electrons. The lowest BCUT2D eigenvalue weighted by Gasteiger charge is -2.25. The van der Waals surface area contributed by atoms with E-state index in [1.165, 1.54) is 11.8 Å². The molecule has 0 spiro atoms. The lowest BCUT2D eigenvalue weighted by molar-refractivity contribution is -0.116. The fourth-order valence-corrected chi connectivity index (χ4v) is 4.36. The van der Waals surface area contributed by atoms with Crippen LogP contribution in [0.2, 0.25) is 0 Å². The number of aryl methyl sites for hydroxylation is 1. The SMILES string of the molecule is CCCc1nc(SCC(=O)N(Cc2cccs2)c2ccc3c(c2)OCCO3)n[nH]1. The highest BCUT2D eigenvalue weighted by Crippen LogP contribution is 2.35. The maximum absolute atomic E-state index is 13.1. The van der Waals surface area contributed by atoms with Crippen LogP contribution >= 0.6 is 23.1 Å². The van der Waals surface area contributed by atoms with E-state index in [-0.39, 0.29) is 11.7 Å². The highest BCUT2D eigenvalue weighted by Gasteiger charge is 2.21. The average Bonchev–Trinajstić information content (AvgIpc) is 3.42. The van der Waals surface area contributed by atoms with Crippen LogP contribution in [-0.4, -0.2) is 40.1 Å². The van der Waals surface area contributed by atoms with Crippen LogP contribution in [0, 0.1) is 0 Å². The summed E-state index contributed by atoms with van der Waals surface area (Å²) in [5, 5.41) is 9.73. The van der Waals surface area contributed by atoms with Crippen molar-refractivity contribution in [2.75, 3.05) is 23.9 Å². The number of nitrogens with one attached hydrogen (secondary N) is 1. The van der Waals surface area contributed by atoms with Gasteiger partial charge in [0.2, 0.25) is 11.1 Å². The second-order valence-corrected chi connectivity index (χ2v) is 8.47. The van der Waals surface area contributed by atoms with Gasteiger partial charge in [0, 0.05) is 23.1 Å². The van der Waals surface area contributed by atoms with Crippen molar-refractivity contribution >= 4 is 34.7 Å². The van der Waals surface area contributed by atoms with Crippen LogP contribution in [0.15, 0.2) is 40.9 Å². The number of H-pyrrole nitrogens is 1. The van der Waals surface area contributed by atoms with Crippen LogP contribution in [0.5, 0.6) is 11.5 Å². The number of nitrogens with zero attached hydrogens (tertiary/aromatic N) is 3. The fourth-order valence-electron chi connectivity index (χ4n) is 2.98. The van der Waals surface area contributed by atoms with Gasteiger partial charge in [-0.05, 0) is 30.0 Å². The van der Waals surface area contributed by atoms with E-state index in [0.29, 0.717) is 36.4 Å². The fraction of sp³-hybridized carbons (Fsp3) is 0.350. The Balaban J connectivity index is 1.50. The summed E-state index contributed by atoms with van der Waals surface area (Å²) in [5.41, 5.74) is 0.787. The van der Waals surface area contributed by atoms with Crippen molar-refractivity contribution in [1.82, 2.24) is 15.2 Å². The van der Waals surface area contributed by atoms with Gasteiger partial charge in [-0.15, -0.1) is 16.4 Å². The van der Waals surface area contributed by atoms with E-state index in [2.05, 4.69) is 22.1 Å². The van der Waals surface area contributed by atoms with Crippen molar-refractivity contribution in [3.8, 4) is 11.5 Å². The maximum atomic E-state index is 13.1. The monoisotopic (exact) mass is 430 g/mol. The standard InChI is InChI=1S/C20H22N4O3S2/c1-2-4-18-21-20(23-22-18)29-13-19(25)24(12-15-5-3-10-28-15)14-6-7-16-17(11-14)27-9-8-26-16/h3,5-7,10-11H,2,4,8-9,12-13H2,1H3,(H,21,22,23). The molecule has 0 saturated heterocycles. The number of rotatable bonds is 8. The molecule has 4 rings (SSSR count). The van der Waals surface area contributed by atoms with Gasteiger partial charge < -0.3 is 14.4 Å². The van der Waals surface area contributed by atoms with Crippen LogP contribution in [0.1, 0.15) is 24.0 Å². The molecule has 0 bridgehead atoms. The smallest absolute Gasteiger partial charge is 0.237 e. The van der Waals surface area contributed by atoms with Crippen molar-refractivity contribution in [3.05, 3.63) is 46.4 Å². The molecular weight excluding hydrogens is 408 g/mol. The summed E-state index contributed by atoms with van der Waals surface area (Å²) in [6, 6.07) is 9.65. The molecule has 3 aromatic rings. The maximum Gasteiger partial charge on any atom is 0.237 e. The molecule has 2 aromatic heterocycles. The van der Waals surface area contributed by atoms with E-state index in [9.17, 15) is 4.79 Å². The minimum Gasteiger partial charge on any atom is -0.486 e. The van der Waals surface area contributed by atoms with E-state index in [1.54, 1.807) is 16.2 Å². The molecule has 1 amide bonds. The second kappa shape index (κ2) is 9.32. The predicted octanol–water partition coefficient (Wildman–Crippen LogP) is 3.92. The topological polar surface area (TPSA) is 80.3 Å². The summed E-state index contributed by atoms with van der Waals surface area (Å²) < 4.78 is 11.3. The molecule has 29 heavy (non-hydrogen) atoms. The number of anilines is 1. The Morgan fingerprint density at radius 3 is 2.93 bits per heavy atom. The molecule has 0 aliphatic carbocycles. The van der Waals surface area contributed by atoms with Gasteiger partial charge in [-0.2, -0.15) is 0 Å². The first-order chi connectivity index (χ1) is 14.2.